The third kappa shape index (κ3) is 37.4. The summed E-state index contributed by atoms with van der Waals surface area (Å²) in [6.07, 6.45) is -1.48. The Morgan fingerprint density at radius 1 is 0.370 bits per heavy atom. The predicted octanol–water partition coefficient (Wildman–Crippen LogP) is 13.0. The van der Waals surface area contributed by atoms with Crippen LogP contribution in [0.2, 0.25) is 0 Å². The van der Waals surface area contributed by atoms with Gasteiger partial charge in [0.05, 0.1) is 12.6 Å². The van der Waals surface area contributed by atoms with Gasteiger partial charge in [0.25, 0.3) is 5.91 Å². The fourth-order valence-corrected chi connectivity index (χ4v) is 12.2. The number of nitrogens with one attached hydrogen (secondary N) is 3. The lowest BCUT2D eigenvalue weighted by Crippen LogP contribution is -2.50. The van der Waals surface area contributed by atoms with Gasteiger partial charge in [-0.05, 0) is 201 Å². The first-order valence-electron chi connectivity index (χ1n) is 43.6. The van der Waals surface area contributed by atoms with Crippen LogP contribution < -0.4 is 0 Å². The molecule has 1 heterocycles. The second kappa shape index (κ2) is 49.3. The van der Waals surface area contributed by atoms with Crippen LogP contribution in [-0.4, -0.2) is 388 Å². The normalized spacial score (nSPS) is 18.9. The molecule has 1 aliphatic rings. The highest BCUT2D eigenvalue weighted by Gasteiger charge is 2.44. The first kappa shape index (κ1) is 118. The Balaban J connectivity index is 2.47. The zero-order valence-electron chi connectivity index (χ0n) is 81.9. The van der Waals surface area contributed by atoms with Crippen LogP contribution in [0.4, 0.5) is 0 Å². The van der Waals surface area contributed by atoms with E-state index in [1.165, 1.54) is 157 Å². The van der Waals surface area contributed by atoms with E-state index in [0.29, 0.717) is 6.42 Å². The van der Waals surface area contributed by atoms with Gasteiger partial charge < -0.3 is 122 Å². The van der Waals surface area contributed by atoms with E-state index in [1.54, 1.807) is 58.0 Å². The molecular weight excluding hydrogens is 1760 g/mol. The Kier molecular flexibility index (Phi) is 43.1. The summed E-state index contributed by atoms with van der Waals surface area (Å²) in [5.41, 5.74) is -15.0. The average molecular weight is 1910 g/mol. The van der Waals surface area contributed by atoms with Crippen LogP contribution in [0.15, 0.2) is 125 Å². The molecule has 756 valence electrons. The van der Waals surface area contributed by atoms with Crippen molar-refractivity contribution in [3.8, 4) is 0 Å². The lowest BCUT2D eigenvalue weighted by Gasteiger charge is -2.31. The van der Waals surface area contributed by atoms with E-state index >= 15 is 0 Å². The number of hydrogen-bond donors (Lipinski definition) is 26. The van der Waals surface area contributed by atoms with Gasteiger partial charge in [-0.15, -0.1) is 0 Å². The molecule has 47 heteroatoms. The van der Waals surface area contributed by atoms with E-state index in [2.05, 4.69) is 94.9 Å². The van der Waals surface area contributed by atoms with Crippen molar-refractivity contribution >= 4 is 136 Å². The van der Waals surface area contributed by atoms with E-state index in [-0.39, 0.29) is 51.0 Å². The Labute approximate surface area is 786 Å². The van der Waals surface area contributed by atoms with E-state index in [1.807, 2.05) is 0 Å². The molecule has 0 bridgehead atoms. The summed E-state index contributed by atoms with van der Waals surface area (Å²) >= 11 is 0. The number of aliphatic imine (C=N–C) groups is 19. The number of likely N-dealkylation sites (tertiary alicyclic amines) is 1. The molecule has 0 aromatic heterocycles. The summed E-state index contributed by atoms with van der Waals surface area (Å²) in [5.74, 6) is -18.2. The number of amides is 1. The van der Waals surface area contributed by atoms with E-state index in [9.17, 15) is 122 Å². The fraction of sp³-hybridized carbons (Fsp3) is 0.670. The lowest BCUT2D eigenvalue weighted by atomic mass is 10.0. The molecule has 1 aromatic carbocycles. The third-order valence-electron chi connectivity index (χ3n) is 20.6. The van der Waals surface area contributed by atoms with Gasteiger partial charge in [-0.1, -0.05) is 58.0 Å². The second-order valence-electron chi connectivity index (χ2n) is 37.9. The van der Waals surface area contributed by atoms with Crippen LogP contribution in [0, 0.1) is 28.1 Å². The first-order chi connectivity index (χ1) is 61.6. The number of carbonyl (C=O) groups is 1. The zero-order valence-corrected chi connectivity index (χ0v) is 81.9. The molecule has 0 aliphatic carbocycles. The zero-order chi connectivity index (χ0) is 104. The van der Waals surface area contributed by atoms with E-state index < -0.39 is 278 Å². The van der Waals surface area contributed by atoms with Gasteiger partial charge in [-0.3, -0.25) is 21.0 Å². The minimum atomic E-state index is -1.88. The predicted molar refractivity (Wildman–Crippen MR) is 530 cm³/mol. The van der Waals surface area contributed by atoms with Crippen molar-refractivity contribution in [2.75, 3.05) is 19.7 Å². The Bertz CT molecular complexity index is 4900. The number of aliphatic hydroxyl groups is 23. The summed E-state index contributed by atoms with van der Waals surface area (Å²) in [7, 11) is 0. The van der Waals surface area contributed by atoms with Crippen molar-refractivity contribution in [2.24, 2.45) is 107 Å². The molecule has 10 atom stereocenters. The second-order valence-corrected chi connectivity index (χ2v) is 37.9. The largest absolute Gasteiger partial charge is 0.497 e. The fourth-order valence-electron chi connectivity index (χ4n) is 12.2. The Morgan fingerprint density at radius 2 is 0.704 bits per heavy atom. The van der Waals surface area contributed by atoms with Crippen molar-refractivity contribution < 1.29 is 122 Å². The van der Waals surface area contributed by atoms with Gasteiger partial charge in [0.1, 0.15) is 111 Å². The summed E-state index contributed by atoms with van der Waals surface area (Å²) in [6.45, 7) is 34.9. The molecule has 1 amide bonds. The maximum Gasteiger partial charge on any atom is 0.250 e. The molecule has 47 nitrogen and oxygen atoms in total. The molecule has 0 radical (unpaired) electrons. The molecule has 26 N–H and O–H groups in total. The highest BCUT2D eigenvalue weighted by atomic mass is 16.3. The number of carbonyl (C=O) groups excluding carboxylic acids is 1. The number of aliphatic hydroxyl groups excluding tert-OH is 23. The number of hydrogen-bond acceptors (Lipinski definition) is 24. The summed E-state index contributed by atoms with van der Waals surface area (Å²) < 4.78 is 0. The molecule has 10 unspecified atom stereocenters. The van der Waals surface area contributed by atoms with E-state index in [4.69, 9.17) is 16.2 Å². The Morgan fingerprint density at radius 3 is 1.13 bits per heavy atom. The monoisotopic (exact) mass is 1910 g/mol. The minimum absolute atomic E-state index is 0.0699. The maximum atomic E-state index is 14.5. The molecule has 135 heavy (non-hydrogen) atoms. The van der Waals surface area contributed by atoms with Crippen LogP contribution >= 0.6 is 0 Å². The van der Waals surface area contributed by atoms with Crippen molar-refractivity contribution in [3.05, 3.63) is 35.9 Å². The van der Waals surface area contributed by atoms with Crippen molar-refractivity contribution in [1.29, 1.82) is 16.2 Å². The standard InChI is InChI=1S/C88H145N23O24/c1-44(2)60(69(125)108-87(23,24)78(134)109-85(19,20)75(131)99-53(35-38-57(90)115)66(122)98-52(34-37-56(89)114)65(121)96-51(43-112)41-50-31-28-27-29-32-50)100-68(124)55-33-30-40-111(55)79(135)88(25,26)110-77(133)86(21,22)103-59(117)42-92-71(127)80(9,10)107-70(126)61(45(3)4)101-76(132)84(17,18)106-67(123)54(36-39-58(91)116)97-62(118)46(5)93-73(129)82(13,14)104-64(120)48(7)95-74(130)83(15,16)105-63(119)47(6)94-72(128)81(11,12)102-49(8)113/h27-29,31-32,44-48,51-55,60-61,112H,30,33-43H2,1-26H3,(H2,89,114)(H2,90,115)(H2,91,116)(H,92,127)(H,93,129)(H,94,128)(H,95,130)(H,96,121)(H,97,118)(H,98,122)(H,99,131)(H,100,124)(H,101,132)(H,102,113)(H,103,117)(H,104,120)(H,105,119)(H,106,123)(H,107,126)(H,108,125)(H,109,134)(H,110,133). The third-order valence-corrected chi connectivity index (χ3v) is 20.6. The van der Waals surface area contributed by atoms with Gasteiger partial charge in [0.2, 0.25) is 106 Å². The first-order valence-corrected chi connectivity index (χ1v) is 43.6. The van der Waals surface area contributed by atoms with Crippen LogP contribution in [0.3, 0.4) is 0 Å². The smallest absolute Gasteiger partial charge is 0.250 e. The van der Waals surface area contributed by atoms with Gasteiger partial charge in [-0.2, -0.15) is 0 Å². The van der Waals surface area contributed by atoms with Gasteiger partial charge in [-0.25, -0.2) is 94.9 Å². The molecule has 0 spiro atoms. The van der Waals surface area contributed by atoms with Crippen molar-refractivity contribution in [1.82, 2.24) is 4.90 Å². The van der Waals surface area contributed by atoms with Crippen LogP contribution in [0.1, 0.15) is 237 Å². The number of rotatable bonds is 52. The van der Waals surface area contributed by atoms with Gasteiger partial charge in [0, 0.05) is 32.7 Å². The highest BCUT2D eigenvalue weighted by Crippen LogP contribution is 2.30. The van der Waals surface area contributed by atoms with Crippen LogP contribution in [0.25, 0.3) is 0 Å². The summed E-state index contributed by atoms with van der Waals surface area (Å²) in [6, 6.07) is -4.24. The summed E-state index contributed by atoms with van der Waals surface area (Å²) in [5, 5.41) is 275. The molecule has 1 fully saturated rings. The molecular formula is C88H145N23O24. The Hall–Kier alpha value is -13.0. The molecule has 1 aliphatic heterocycles. The molecule has 2 rings (SSSR count). The van der Waals surface area contributed by atoms with Gasteiger partial charge in [0.15, 0.2) is 23.6 Å². The van der Waals surface area contributed by atoms with Crippen molar-refractivity contribution in [3.63, 3.8) is 0 Å². The number of nitrogens with zero attached hydrogens (tertiary/aromatic N) is 20. The highest BCUT2D eigenvalue weighted by molar-refractivity contribution is 6.01. The maximum absolute atomic E-state index is 14.5. The quantitative estimate of drug-likeness (QED) is 0.0213. The molecule has 0 saturated carbocycles. The lowest BCUT2D eigenvalue weighted by molar-refractivity contribution is -0.135. The SMILES string of the molecule is CC(O)=NC(C)(C)C(O)=NC(C)C(O)=NC(C)(C)C(O)=NC(C)C(O)=NC(C)(C)C(O)=NC(C)C(O)=NC(CCC(=N)O)C(O)=NC(C)(C)C(O)=NC(C(O)=NC(C)(C)C(O)=NCC(O)=NC(C)(C)C(O)=NC(C)(C)C(=O)N1CCCC1C(O)=NC(C(O)=NC(C)(C)C(O)=NC(C)(C)C(O)=NC(CCC(=N)O)C(O)=NC(CCC(=N)O)C(O)=NC(CO)Cc1ccccc1)C(C)C)C(C)C. The average Bonchev–Trinajstić information content (AvgIpc) is 1.71. The summed E-state index contributed by atoms with van der Waals surface area (Å²) in [4.78, 5) is 94.8. The topological polar surface area (TPSA) is 792 Å². The minimum Gasteiger partial charge on any atom is -0.497 e. The molecule has 1 saturated heterocycles. The van der Waals surface area contributed by atoms with Crippen LogP contribution in [-0.2, 0) is 11.2 Å². The van der Waals surface area contributed by atoms with E-state index in [0.717, 1.165) is 5.56 Å². The van der Waals surface area contributed by atoms with Crippen LogP contribution in [0.5, 0.6) is 0 Å². The van der Waals surface area contributed by atoms with Gasteiger partial charge >= 0.3 is 0 Å². The number of benzene rings is 1. The molecule has 1 aromatic rings. The van der Waals surface area contributed by atoms with Crippen molar-refractivity contribution in [2.45, 2.75) is 348 Å².